The lowest BCUT2D eigenvalue weighted by atomic mass is 9.98. The lowest BCUT2D eigenvalue weighted by Crippen LogP contribution is -2.35. The summed E-state index contributed by atoms with van der Waals surface area (Å²) in [4.78, 5) is 32.9. The Morgan fingerprint density at radius 2 is 1.82 bits per heavy atom. The van der Waals surface area contributed by atoms with Crippen molar-refractivity contribution in [2.24, 2.45) is 0 Å². The summed E-state index contributed by atoms with van der Waals surface area (Å²) >= 11 is 6.70. The average molecular weight is 686 g/mol. The second kappa shape index (κ2) is 16.6. The van der Waals surface area contributed by atoms with Gasteiger partial charge in [0.05, 0.1) is 17.9 Å². The van der Waals surface area contributed by atoms with E-state index in [2.05, 4.69) is 27.1 Å². The summed E-state index contributed by atoms with van der Waals surface area (Å²) in [6.07, 6.45) is 3.01. The number of aromatic carboxylic acids is 1. The minimum atomic E-state index is -0.962. The third-order valence-electron chi connectivity index (χ3n) is 8.31. The normalized spacial score (nSPS) is 12.0. The van der Waals surface area contributed by atoms with Crippen molar-refractivity contribution in [2.45, 2.75) is 71.7 Å². The number of amides is 1. The number of carboxylic acid groups (broad SMARTS) is 1. The fourth-order valence-corrected chi connectivity index (χ4v) is 6.16. The summed E-state index contributed by atoms with van der Waals surface area (Å²) in [6.45, 7) is 7.29. The molecule has 1 amide bonds. The molecule has 11 heteroatoms. The van der Waals surface area contributed by atoms with Crippen molar-refractivity contribution in [3.05, 3.63) is 106 Å². The number of hydrogen-bond donors (Lipinski definition) is 5. The Balaban J connectivity index is 1.26. The second-order valence-electron chi connectivity index (χ2n) is 12.4. The highest BCUT2D eigenvalue weighted by Crippen LogP contribution is 2.28. The van der Waals surface area contributed by atoms with E-state index in [1.165, 1.54) is 0 Å². The molecule has 1 unspecified atom stereocenters. The third kappa shape index (κ3) is 9.08. The zero-order valence-electron chi connectivity index (χ0n) is 28.1. The largest absolute Gasteiger partial charge is 0.493 e. The van der Waals surface area contributed by atoms with Crippen LogP contribution in [0.4, 0.5) is 0 Å². The standard InChI is InChI=1S/C38H44ClN5O5/c1-4-5-13-34-43-36(39)32(44(34)23-25-14-16-26(17-15-25)27-9-6-7-10-28(27)38(47)48)18-20-40-37(46)31-22-29-30(42-31)11-8-12-33(29)49-21-19-35(45)41-24(2)3/h6-12,14-17,22,24,35,41-42,45H,4-5,13,18-21,23H2,1-3H3,(H,40,46)(H,47,48). The summed E-state index contributed by atoms with van der Waals surface area (Å²) in [5.41, 5.74) is 4.82. The SMILES string of the molecule is CCCCc1nc(Cl)c(CCNC(=O)c2cc3c(OCCC(O)NC(C)C)cccc3[nH]2)n1Cc1ccc(-c2ccccc2C(=O)O)cc1. The van der Waals surface area contributed by atoms with E-state index in [1.54, 1.807) is 18.2 Å². The molecule has 3 aromatic carbocycles. The maximum atomic E-state index is 13.2. The van der Waals surface area contributed by atoms with Crippen LogP contribution in [0.1, 0.15) is 78.0 Å². The maximum Gasteiger partial charge on any atom is 0.336 e. The highest BCUT2D eigenvalue weighted by atomic mass is 35.5. The fourth-order valence-electron chi connectivity index (χ4n) is 5.86. The number of halogens is 1. The van der Waals surface area contributed by atoms with E-state index in [0.717, 1.165) is 52.8 Å². The fraction of sp³-hybridized carbons (Fsp3) is 0.342. The lowest BCUT2D eigenvalue weighted by molar-refractivity contribution is 0.0697. The van der Waals surface area contributed by atoms with E-state index in [-0.39, 0.29) is 17.5 Å². The number of benzene rings is 3. The number of carbonyl (C=O) groups excluding carboxylic acids is 1. The number of aliphatic hydroxyl groups excluding tert-OH is 1. The quantitative estimate of drug-likeness (QED) is 0.0676. The number of aromatic nitrogens is 3. The molecular formula is C38H44ClN5O5. The van der Waals surface area contributed by atoms with Crippen molar-refractivity contribution in [3.63, 3.8) is 0 Å². The third-order valence-corrected chi connectivity index (χ3v) is 8.61. The summed E-state index contributed by atoms with van der Waals surface area (Å²) in [6, 6.07) is 22.4. The summed E-state index contributed by atoms with van der Waals surface area (Å²) in [7, 11) is 0. The van der Waals surface area contributed by atoms with Gasteiger partial charge in [-0.1, -0.05) is 73.5 Å². The first-order chi connectivity index (χ1) is 23.6. The van der Waals surface area contributed by atoms with Gasteiger partial charge in [-0.2, -0.15) is 0 Å². The number of carboxylic acids is 1. The Morgan fingerprint density at radius 1 is 1.04 bits per heavy atom. The van der Waals surface area contributed by atoms with E-state index in [4.69, 9.17) is 21.3 Å². The van der Waals surface area contributed by atoms with Crippen LogP contribution in [0, 0.1) is 0 Å². The first-order valence-corrected chi connectivity index (χ1v) is 17.1. The Bertz CT molecular complexity index is 1880. The molecule has 10 nitrogen and oxygen atoms in total. The van der Waals surface area contributed by atoms with Gasteiger partial charge in [0.1, 0.15) is 23.5 Å². The molecule has 0 radical (unpaired) electrons. The van der Waals surface area contributed by atoms with E-state index in [1.807, 2.05) is 68.4 Å². The van der Waals surface area contributed by atoms with Gasteiger partial charge in [-0.15, -0.1) is 0 Å². The number of aliphatic hydroxyl groups is 1. The van der Waals surface area contributed by atoms with Crippen molar-refractivity contribution in [2.75, 3.05) is 13.2 Å². The van der Waals surface area contributed by atoms with E-state index < -0.39 is 12.2 Å². The Labute approximate surface area is 291 Å². The number of ether oxygens (including phenoxy) is 1. The zero-order valence-corrected chi connectivity index (χ0v) is 28.9. The van der Waals surface area contributed by atoms with Crippen molar-refractivity contribution in [1.82, 2.24) is 25.2 Å². The monoisotopic (exact) mass is 685 g/mol. The van der Waals surface area contributed by atoms with Crippen LogP contribution in [0.15, 0.2) is 72.8 Å². The predicted octanol–water partition coefficient (Wildman–Crippen LogP) is 6.83. The minimum absolute atomic E-state index is 0.165. The molecule has 0 fully saturated rings. The molecular weight excluding hydrogens is 642 g/mol. The number of H-pyrrole nitrogens is 1. The van der Waals surface area contributed by atoms with Crippen molar-refractivity contribution in [3.8, 4) is 16.9 Å². The van der Waals surface area contributed by atoms with Crippen molar-refractivity contribution in [1.29, 1.82) is 0 Å². The molecule has 2 heterocycles. The topological polar surface area (TPSA) is 142 Å². The van der Waals surface area contributed by atoms with Crippen LogP contribution < -0.4 is 15.4 Å². The molecule has 0 aliphatic carbocycles. The van der Waals surface area contributed by atoms with Gasteiger partial charge in [-0.3, -0.25) is 10.1 Å². The molecule has 258 valence electrons. The molecule has 5 N–H and O–H groups in total. The number of hydrogen-bond acceptors (Lipinski definition) is 6. The van der Waals surface area contributed by atoms with Gasteiger partial charge < -0.3 is 29.8 Å². The number of nitrogens with one attached hydrogen (secondary N) is 3. The summed E-state index contributed by atoms with van der Waals surface area (Å²) in [5, 5.41) is 27.0. The number of fused-ring (bicyclic) bond motifs is 1. The molecule has 0 spiro atoms. The molecule has 0 saturated carbocycles. The highest BCUT2D eigenvalue weighted by Gasteiger charge is 2.18. The van der Waals surface area contributed by atoms with Crippen LogP contribution in [0.25, 0.3) is 22.0 Å². The number of rotatable bonds is 17. The minimum Gasteiger partial charge on any atom is -0.493 e. The molecule has 0 bridgehead atoms. The number of carbonyl (C=O) groups is 2. The van der Waals surface area contributed by atoms with Crippen LogP contribution in [-0.4, -0.2) is 62.0 Å². The Morgan fingerprint density at radius 3 is 2.55 bits per heavy atom. The Kier molecular flexibility index (Phi) is 12.1. The van der Waals surface area contributed by atoms with Crippen LogP contribution in [-0.2, 0) is 19.4 Å². The molecule has 5 aromatic rings. The summed E-state index contributed by atoms with van der Waals surface area (Å²) < 4.78 is 8.08. The zero-order chi connectivity index (χ0) is 34.9. The number of aromatic amines is 1. The van der Waals surface area contributed by atoms with Gasteiger partial charge in [0, 0.05) is 49.3 Å². The smallest absolute Gasteiger partial charge is 0.336 e. The van der Waals surface area contributed by atoms with Gasteiger partial charge in [0.2, 0.25) is 0 Å². The molecule has 49 heavy (non-hydrogen) atoms. The van der Waals surface area contributed by atoms with E-state index in [9.17, 15) is 19.8 Å². The van der Waals surface area contributed by atoms with Crippen LogP contribution in [0.3, 0.4) is 0 Å². The molecule has 0 saturated heterocycles. The first-order valence-electron chi connectivity index (χ1n) is 16.8. The maximum absolute atomic E-state index is 13.2. The Hall–Kier alpha value is -4.64. The van der Waals surface area contributed by atoms with Gasteiger partial charge in [-0.25, -0.2) is 9.78 Å². The van der Waals surface area contributed by atoms with Gasteiger partial charge >= 0.3 is 5.97 Å². The van der Waals surface area contributed by atoms with Crippen molar-refractivity contribution < 1.29 is 24.5 Å². The van der Waals surface area contributed by atoms with Crippen LogP contribution >= 0.6 is 11.6 Å². The number of aryl methyl sites for hydroxylation is 1. The number of imidazole rings is 1. The van der Waals surface area contributed by atoms with Gasteiger partial charge in [0.15, 0.2) is 5.15 Å². The lowest BCUT2D eigenvalue weighted by Gasteiger charge is -2.16. The highest BCUT2D eigenvalue weighted by molar-refractivity contribution is 6.30. The molecule has 5 rings (SSSR count). The average Bonchev–Trinajstić information content (AvgIpc) is 3.65. The van der Waals surface area contributed by atoms with Gasteiger partial charge in [0.25, 0.3) is 5.91 Å². The molecule has 0 aliphatic heterocycles. The van der Waals surface area contributed by atoms with Gasteiger partial charge in [-0.05, 0) is 61.2 Å². The number of nitrogens with zero attached hydrogens (tertiary/aromatic N) is 2. The van der Waals surface area contributed by atoms with Crippen LogP contribution in [0.2, 0.25) is 5.15 Å². The number of unbranched alkanes of at least 4 members (excludes halogenated alkanes) is 1. The van der Waals surface area contributed by atoms with Crippen LogP contribution in [0.5, 0.6) is 5.75 Å². The second-order valence-corrected chi connectivity index (χ2v) is 12.7. The molecule has 1 atom stereocenters. The van der Waals surface area contributed by atoms with E-state index in [0.29, 0.717) is 54.7 Å². The molecule has 2 aromatic heterocycles. The van der Waals surface area contributed by atoms with Crippen molar-refractivity contribution >= 4 is 34.4 Å². The summed E-state index contributed by atoms with van der Waals surface area (Å²) in [5.74, 6) is 0.322. The molecule has 0 aliphatic rings. The first kappa shape index (κ1) is 35.7. The predicted molar refractivity (Wildman–Crippen MR) is 193 cm³/mol. The van der Waals surface area contributed by atoms with E-state index >= 15 is 0 Å².